The largest absolute Gasteiger partial charge is 0.489 e. The molecule has 0 spiro atoms. The van der Waals surface area contributed by atoms with Crippen LogP contribution in [0.2, 0.25) is 5.02 Å². The topological polar surface area (TPSA) is 55.5 Å². The molecule has 1 aromatic carbocycles. The summed E-state index contributed by atoms with van der Waals surface area (Å²) in [5.74, 6) is 0.673. The van der Waals surface area contributed by atoms with Crippen LogP contribution in [0.3, 0.4) is 0 Å². The monoisotopic (exact) mass is 277 g/mol. The van der Waals surface area contributed by atoms with E-state index in [1.54, 1.807) is 12.1 Å². The van der Waals surface area contributed by atoms with Crippen LogP contribution >= 0.6 is 27.5 Å². The summed E-state index contributed by atoms with van der Waals surface area (Å²) in [7, 11) is 0. The van der Waals surface area contributed by atoms with Gasteiger partial charge < -0.3 is 15.6 Å². The van der Waals surface area contributed by atoms with Crippen LogP contribution in [-0.4, -0.2) is 17.8 Å². The molecule has 0 bridgehead atoms. The second kappa shape index (κ2) is 3.70. The zero-order valence-corrected chi connectivity index (χ0v) is 9.55. The molecule has 0 fully saturated rings. The van der Waals surface area contributed by atoms with Crippen LogP contribution in [0.15, 0.2) is 16.6 Å². The molecule has 0 saturated carbocycles. The van der Waals surface area contributed by atoms with Crippen LogP contribution < -0.4 is 10.5 Å². The van der Waals surface area contributed by atoms with E-state index in [9.17, 15) is 5.11 Å². The highest BCUT2D eigenvalue weighted by Crippen LogP contribution is 2.39. The van der Waals surface area contributed by atoms with Crippen molar-refractivity contribution >= 4 is 27.5 Å². The Morgan fingerprint density at radius 3 is 3.00 bits per heavy atom. The van der Waals surface area contributed by atoms with Gasteiger partial charge in [0.05, 0.1) is 10.5 Å². The van der Waals surface area contributed by atoms with Gasteiger partial charge in [0.2, 0.25) is 0 Å². The minimum Gasteiger partial charge on any atom is -0.489 e. The maximum atomic E-state index is 9.50. The Labute approximate surface area is 94.9 Å². The molecule has 0 aliphatic carbocycles. The average Bonchev–Trinajstić information content (AvgIpc) is 2.12. The summed E-state index contributed by atoms with van der Waals surface area (Å²) in [6.45, 7) is 0.217. The Morgan fingerprint density at radius 1 is 1.57 bits per heavy atom. The van der Waals surface area contributed by atoms with Crippen molar-refractivity contribution in [1.82, 2.24) is 0 Å². The van der Waals surface area contributed by atoms with Crippen LogP contribution in [0, 0.1) is 0 Å². The van der Waals surface area contributed by atoms with Crippen molar-refractivity contribution in [3.05, 3.63) is 27.2 Å². The number of nitrogens with two attached hydrogens (primary N) is 1. The molecular formula is C9H9BrClNO2. The second-order valence-corrected chi connectivity index (χ2v) is 4.50. The predicted molar refractivity (Wildman–Crippen MR) is 57.6 cm³/mol. The molecule has 2 rings (SSSR count). The smallest absolute Gasteiger partial charge is 0.138 e. The molecule has 1 aromatic rings. The highest BCUT2D eigenvalue weighted by molar-refractivity contribution is 9.10. The molecule has 3 N–H and O–H groups in total. The van der Waals surface area contributed by atoms with Gasteiger partial charge in [0.1, 0.15) is 18.5 Å². The van der Waals surface area contributed by atoms with Gasteiger partial charge in [0, 0.05) is 10.6 Å². The molecule has 1 aliphatic rings. The van der Waals surface area contributed by atoms with Gasteiger partial charge in [0.15, 0.2) is 0 Å². The van der Waals surface area contributed by atoms with E-state index in [1.165, 1.54) is 0 Å². The van der Waals surface area contributed by atoms with Crippen molar-refractivity contribution in [3.8, 4) is 5.75 Å². The van der Waals surface area contributed by atoms with Crippen molar-refractivity contribution in [2.45, 2.75) is 12.1 Å². The van der Waals surface area contributed by atoms with E-state index in [1.807, 2.05) is 0 Å². The summed E-state index contributed by atoms with van der Waals surface area (Å²) >= 11 is 9.21. The predicted octanol–water partition coefficient (Wildman–Crippen LogP) is 1.86. The number of halogens is 2. The van der Waals surface area contributed by atoms with Crippen LogP contribution in [0.1, 0.15) is 11.6 Å². The van der Waals surface area contributed by atoms with E-state index in [-0.39, 0.29) is 6.61 Å². The minimum atomic E-state index is -0.673. The lowest BCUT2D eigenvalue weighted by Crippen LogP contribution is -2.35. The van der Waals surface area contributed by atoms with Crippen molar-refractivity contribution < 1.29 is 9.84 Å². The third-order valence-electron chi connectivity index (χ3n) is 2.21. The third kappa shape index (κ3) is 1.63. The number of aliphatic hydroxyl groups excluding tert-OH is 1. The molecule has 0 amide bonds. The van der Waals surface area contributed by atoms with Gasteiger partial charge in [-0.2, -0.15) is 0 Å². The van der Waals surface area contributed by atoms with E-state index in [0.717, 1.165) is 10.0 Å². The second-order valence-electron chi connectivity index (χ2n) is 3.21. The number of rotatable bonds is 0. The fourth-order valence-corrected chi connectivity index (χ4v) is 2.41. The summed E-state index contributed by atoms with van der Waals surface area (Å²) in [5.41, 5.74) is 6.56. The van der Waals surface area contributed by atoms with Gasteiger partial charge in [-0.15, -0.1) is 0 Å². The van der Waals surface area contributed by atoms with Crippen molar-refractivity contribution in [2.75, 3.05) is 6.61 Å². The number of ether oxygens (including phenoxy) is 1. The summed E-state index contributed by atoms with van der Waals surface area (Å²) in [5, 5.41) is 10.1. The number of fused-ring (bicyclic) bond motifs is 1. The third-order valence-corrected chi connectivity index (χ3v) is 3.02. The van der Waals surface area contributed by atoms with Crippen molar-refractivity contribution in [3.63, 3.8) is 0 Å². The number of hydrogen-bond acceptors (Lipinski definition) is 3. The molecule has 0 radical (unpaired) electrons. The Kier molecular flexibility index (Phi) is 2.70. The maximum absolute atomic E-state index is 9.50. The SMILES string of the molecule is N[C@@H]1c2cc(Cl)cc(Br)c2OC[C@@H]1O. The fourth-order valence-electron chi connectivity index (χ4n) is 1.46. The van der Waals surface area contributed by atoms with E-state index in [0.29, 0.717) is 10.8 Å². The van der Waals surface area contributed by atoms with Crippen LogP contribution in [0.25, 0.3) is 0 Å². The molecule has 0 aromatic heterocycles. The first kappa shape index (κ1) is 10.2. The first-order valence-electron chi connectivity index (χ1n) is 4.15. The first-order chi connectivity index (χ1) is 6.59. The zero-order valence-electron chi connectivity index (χ0n) is 7.21. The highest BCUT2D eigenvalue weighted by Gasteiger charge is 2.28. The molecular weight excluding hydrogens is 269 g/mol. The number of benzene rings is 1. The van der Waals surface area contributed by atoms with Gasteiger partial charge in [-0.1, -0.05) is 11.6 Å². The number of hydrogen-bond donors (Lipinski definition) is 2. The molecule has 0 unspecified atom stereocenters. The first-order valence-corrected chi connectivity index (χ1v) is 5.32. The molecule has 2 atom stereocenters. The summed E-state index contributed by atoms with van der Waals surface area (Å²) in [6, 6.07) is 3.02. The quantitative estimate of drug-likeness (QED) is 0.761. The fraction of sp³-hybridized carbons (Fsp3) is 0.333. The molecule has 76 valence electrons. The Balaban J connectivity index is 2.54. The Hall–Kier alpha value is -0.290. The number of aliphatic hydroxyl groups is 1. The highest BCUT2D eigenvalue weighted by atomic mass is 79.9. The zero-order chi connectivity index (χ0) is 10.3. The molecule has 0 saturated heterocycles. The Bertz CT molecular complexity index is 372. The summed E-state index contributed by atoms with van der Waals surface area (Å²) in [6.07, 6.45) is -0.673. The molecule has 1 aliphatic heterocycles. The lowest BCUT2D eigenvalue weighted by molar-refractivity contribution is 0.0674. The Morgan fingerprint density at radius 2 is 2.29 bits per heavy atom. The van der Waals surface area contributed by atoms with Crippen molar-refractivity contribution in [2.24, 2.45) is 5.73 Å². The summed E-state index contributed by atoms with van der Waals surface area (Å²) < 4.78 is 6.12. The van der Waals surface area contributed by atoms with Gasteiger partial charge >= 0.3 is 0 Å². The minimum absolute atomic E-state index is 0.217. The van der Waals surface area contributed by atoms with E-state index < -0.39 is 12.1 Å². The van der Waals surface area contributed by atoms with Gasteiger partial charge in [-0.05, 0) is 28.1 Å². The molecule has 1 heterocycles. The molecule has 3 nitrogen and oxygen atoms in total. The van der Waals surface area contributed by atoms with Gasteiger partial charge in [-0.25, -0.2) is 0 Å². The standard InChI is InChI=1S/C9H9BrClNO2/c10-6-2-4(11)1-5-8(12)7(13)3-14-9(5)6/h1-2,7-8,13H,3,12H2/t7-,8+/m0/s1. The van der Waals surface area contributed by atoms with Crippen molar-refractivity contribution in [1.29, 1.82) is 0 Å². The summed E-state index contributed by atoms with van der Waals surface area (Å²) in [4.78, 5) is 0. The van der Waals surface area contributed by atoms with Crippen LogP contribution in [0.5, 0.6) is 5.75 Å². The van der Waals surface area contributed by atoms with Crippen LogP contribution in [-0.2, 0) is 0 Å². The molecule has 5 heteroatoms. The van der Waals surface area contributed by atoms with E-state index in [2.05, 4.69) is 15.9 Å². The van der Waals surface area contributed by atoms with Gasteiger partial charge in [0.25, 0.3) is 0 Å². The normalized spacial score (nSPS) is 25.4. The van der Waals surface area contributed by atoms with Gasteiger partial charge in [-0.3, -0.25) is 0 Å². The average molecular weight is 279 g/mol. The van der Waals surface area contributed by atoms with E-state index in [4.69, 9.17) is 22.1 Å². The maximum Gasteiger partial charge on any atom is 0.138 e. The lowest BCUT2D eigenvalue weighted by atomic mass is 9.99. The molecule has 14 heavy (non-hydrogen) atoms. The van der Waals surface area contributed by atoms with E-state index >= 15 is 0 Å². The van der Waals surface area contributed by atoms with Crippen LogP contribution in [0.4, 0.5) is 0 Å². The lowest BCUT2D eigenvalue weighted by Gasteiger charge is -2.28.